The number of hydrogen-bond acceptors (Lipinski definition) is 5. The summed E-state index contributed by atoms with van der Waals surface area (Å²) in [6.07, 6.45) is 0. The first-order valence-electron chi connectivity index (χ1n) is 8.89. The van der Waals surface area contributed by atoms with Crippen LogP contribution in [-0.4, -0.2) is 35.1 Å². The van der Waals surface area contributed by atoms with Crippen molar-refractivity contribution in [3.8, 4) is 17.2 Å². The Labute approximate surface area is 164 Å². The van der Waals surface area contributed by atoms with Crippen molar-refractivity contribution in [2.24, 2.45) is 0 Å². The van der Waals surface area contributed by atoms with E-state index in [1.165, 1.54) is 4.80 Å². The van der Waals surface area contributed by atoms with Crippen LogP contribution < -0.4 is 14.8 Å². The van der Waals surface area contributed by atoms with Crippen molar-refractivity contribution in [2.45, 2.75) is 27.7 Å². The number of aromatic nitrogens is 3. The number of anilines is 1. The first-order chi connectivity index (χ1) is 13.3. The molecule has 3 aromatic rings. The zero-order valence-electron chi connectivity index (χ0n) is 17.0. The van der Waals surface area contributed by atoms with Gasteiger partial charge in [0.15, 0.2) is 17.2 Å². The lowest BCUT2D eigenvalue weighted by atomic mass is 10.1. The average Bonchev–Trinajstić information content (AvgIpc) is 3.04. The molecule has 0 radical (unpaired) electrons. The standard InChI is InChI=1S/C21H24N4O3/c1-12-7-8-17(14(3)9-12)25-23-15(4)20(24-25)21(26)22-16-11-19(28-6)18(27-5)10-13(16)2/h7-11H,1-6H3,(H,22,26). The number of aryl methyl sites for hydroxylation is 4. The van der Waals surface area contributed by atoms with Crippen molar-refractivity contribution in [2.75, 3.05) is 19.5 Å². The second-order valence-corrected chi connectivity index (χ2v) is 6.69. The molecule has 0 atom stereocenters. The second kappa shape index (κ2) is 7.72. The average molecular weight is 380 g/mol. The third kappa shape index (κ3) is 3.69. The van der Waals surface area contributed by atoms with Gasteiger partial charge in [0.1, 0.15) is 0 Å². The Bertz CT molecular complexity index is 1040. The number of benzene rings is 2. The topological polar surface area (TPSA) is 78.3 Å². The van der Waals surface area contributed by atoms with Crippen LogP contribution in [0.3, 0.4) is 0 Å². The molecule has 0 saturated carbocycles. The van der Waals surface area contributed by atoms with E-state index in [-0.39, 0.29) is 11.6 Å². The van der Waals surface area contributed by atoms with Gasteiger partial charge in [-0.1, -0.05) is 17.7 Å². The minimum Gasteiger partial charge on any atom is -0.493 e. The molecular weight excluding hydrogens is 356 g/mol. The highest BCUT2D eigenvalue weighted by atomic mass is 16.5. The van der Waals surface area contributed by atoms with Crippen molar-refractivity contribution in [3.63, 3.8) is 0 Å². The highest BCUT2D eigenvalue weighted by molar-refractivity contribution is 6.04. The van der Waals surface area contributed by atoms with Gasteiger partial charge in [-0.25, -0.2) is 0 Å². The van der Waals surface area contributed by atoms with Gasteiger partial charge < -0.3 is 14.8 Å². The van der Waals surface area contributed by atoms with Crippen LogP contribution in [0.25, 0.3) is 5.69 Å². The van der Waals surface area contributed by atoms with E-state index >= 15 is 0 Å². The number of rotatable bonds is 5. The van der Waals surface area contributed by atoms with Crippen LogP contribution in [0.15, 0.2) is 30.3 Å². The number of amides is 1. The molecule has 1 amide bonds. The largest absolute Gasteiger partial charge is 0.493 e. The molecule has 0 aliphatic rings. The summed E-state index contributed by atoms with van der Waals surface area (Å²) in [5.74, 6) is 0.817. The number of nitrogens with one attached hydrogen (secondary N) is 1. The third-order valence-corrected chi connectivity index (χ3v) is 4.54. The number of methoxy groups -OCH3 is 2. The molecule has 1 N–H and O–H groups in total. The van der Waals surface area contributed by atoms with Crippen LogP contribution in [-0.2, 0) is 0 Å². The fourth-order valence-electron chi connectivity index (χ4n) is 3.02. The first-order valence-corrected chi connectivity index (χ1v) is 8.89. The van der Waals surface area contributed by atoms with Gasteiger partial charge in [0.25, 0.3) is 5.91 Å². The lowest BCUT2D eigenvalue weighted by Crippen LogP contribution is -2.15. The Hall–Kier alpha value is -3.35. The predicted octanol–water partition coefficient (Wildman–Crippen LogP) is 3.77. The Morgan fingerprint density at radius 2 is 1.61 bits per heavy atom. The van der Waals surface area contributed by atoms with E-state index in [0.29, 0.717) is 22.9 Å². The minimum atomic E-state index is -0.330. The monoisotopic (exact) mass is 380 g/mol. The molecule has 7 heteroatoms. The van der Waals surface area contributed by atoms with Gasteiger partial charge in [-0.15, -0.1) is 5.10 Å². The molecule has 0 aliphatic carbocycles. The van der Waals surface area contributed by atoms with Gasteiger partial charge >= 0.3 is 0 Å². The van der Waals surface area contributed by atoms with E-state index < -0.39 is 0 Å². The van der Waals surface area contributed by atoms with Crippen LogP contribution in [0.5, 0.6) is 11.5 Å². The van der Waals surface area contributed by atoms with Crippen LogP contribution in [0.1, 0.15) is 32.9 Å². The highest BCUT2D eigenvalue weighted by Gasteiger charge is 2.19. The minimum absolute atomic E-state index is 0.272. The first kappa shape index (κ1) is 19.4. The summed E-state index contributed by atoms with van der Waals surface area (Å²) >= 11 is 0. The molecule has 0 fully saturated rings. The van der Waals surface area contributed by atoms with E-state index in [1.54, 1.807) is 27.2 Å². The predicted molar refractivity (Wildman–Crippen MR) is 108 cm³/mol. The van der Waals surface area contributed by atoms with Gasteiger partial charge in [-0.05, 0) is 51.0 Å². The fraction of sp³-hybridized carbons (Fsp3) is 0.286. The molecule has 1 aromatic heterocycles. The van der Waals surface area contributed by atoms with Gasteiger partial charge in [-0.2, -0.15) is 9.90 Å². The van der Waals surface area contributed by atoms with Crippen LogP contribution in [0.4, 0.5) is 5.69 Å². The van der Waals surface area contributed by atoms with Crippen LogP contribution in [0, 0.1) is 27.7 Å². The smallest absolute Gasteiger partial charge is 0.278 e. The third-order valence-electron chi connectivity index (χ3n) is 4.54. The van der Waals surface area contributed by atoms with E-state index in [9.17, 15) is 4.79 Å². The van der Waals surface area contributed by atoms with Crippen molar-refractivity contribution in [1.29, 1.82) is 0 Å². The summed E-state index contributed by atoms with van der Waals surface area (Å²) in [5.41, 5.74) is 5.35. The zero-order chi connectivity index (χ0) is 20.4. The number of nitrogens with zero attached hydrogens (tertiary/aromatic N) is 3. The van der Waals surface area contributed by atoms with Gasteiger partial charge in [0, 0.05) is 11.8 Å². The molecule has 7 nitrogen and oxygen atoms in total. The quantitative estimate of drug-likeness (QED) is 0.729. The van der Waals surface area contributed by atoms with E-state index in [1.807, 2.05) is 39.0 Å². The van der Waals surface area contributed by atoms with Crippen molar-refractivity contribution in [3.05, 3.63) is 58.4 Å². The molecule has 0 bridgehead atoms. The SMILES string of the molecule is COc1cc(C)c(NC(=O)c2nn(-c3ccc(C)cc3C)nc2C)cc1OC. The molecule has 146 valence electrons. The molecule has 0 spiro atoms. The fourth-order valence-corrected chi connectivity index (χ4v) is 3.02. The second-order valence-electron chi connectivity index (χ2n) is 6.69. The molecule has 2 aromatic carbocycles. The summed E-state index contributed by atoms with van der Waals surface area (Å²) in [6, 6.07) is 9.54. The summed E-state index contributed by atoms with van der Waals surface area (Å²) < 4.78 is 10.6. The Morgan fingerprint density at radius 3 is 2.25 bits per heavy atom. The van der Waals surface area contributed by atoms with E-state index in [0.717, 1.165) is 22.4 Å². The molecule has 0 saturated heterocycles. The summed E-state index contributed by atoms with van der Waals surface area (Å²) in [6.45, 7) is 7.68. The van der Waals surface area contributed by atoms with E-state index in [4.69, 9.17) is 9.47 Å². The van der Waals surface area contributed by atoms with Gasteiger partial charge in [-0.3, -0.25) is 4.79 Å². The Morgan fingerprint density at radius 1 is 0.929 bits per heavy atom. The number of ether oxygens (including phenoxy) is 2. The lowest BCUT2D eigenvalue weighted by molar-refractivity contribution is 0.102. The Balaban J connectivity index is 1.91. The normalized spacial score (nSPS) is 10.6. The molecule has 0 unspecified atom stereocenters. The zero-order valence-corrected chi connectivity index (χ0v) is 17.0. The highest BCUT2D eigenvalue weighted by Crippen LogP contribution is 2.33. The van der Waals surface area contributed by atoms with E-state index in [2.05, 4.69) is 21.6 Å². The van der Waals surface area contributed by atoms with Crippen LogP contribution in [0.2, 0.25) is 0 Å². The van der Waals surface area contributed by atoms with Crippen LogP contribution >= 0.6 is 0 Å². The maximum atomic E-state index is 12.8. The summed E-state index contributed by atoms with van der Waals surface area (Å²) in [5, 5.41) is 11.7. The Kier molecular flexibility index (Phi) is 5.35. The molecule has 28 heavy (non-hydrogen) atoms. The van der Waals surface area contributed by atoms with Crippen molar-refractivity contribution < 1.29 is 14.3 Å². The molecular formula is C21H24N4O3. The van der Waals surface area contributed by atoms with Gasteiger partial charge in [0.2, 0.25) is 0 Å². The molecule has 0 aliphatic heterocycles. The van der Waals surface area contributed by atoms with Crippen molar-refractivity contribution in [1.82, 2.24) is 15.0 Å². The number of carbonyl (C=O) groups excluding carboxylic acids is 1. The summed E-state index contributed by atoms with van der Waals surface area (Å²) in [4.78, 5) is 14.3. The maximum Gasteiger partial charge on any atom is 0.278 e. The maximum absolute atomic E-state index is 12.8. The molecule has 3 rings (SSSR count). The lowest BCUT2D eigenvalue weighted by Gasteiger charge is -2.13. The number of hydrogen-bond donors (Lipinski definition) is 1. The summed E-state index contributed by atoms with van der Waals surface area (Å²) in [7, 11) is 3.13. The van der Waals surface area contributed by atoms with Crippen molar-refractivity contribution >= 4 is 11.6 Å². The van der Waals surface area contributed by atoms with Gasteiger partial charge in [0.05, 0.1) is 25.6 Å². The molecule has 1 heterocycles. The number of carbonyl (C=O) groups is 1.